The number of urea groups is 1. The summed E-state index contributed by atoms with van der Waals surface area (Å²) in [6.45, 7) is 8.15. The van der Waals surface area contributed by atoms with Gasteiger partial charge in [0.25, 0.3) is 0 Å². The predicted octanol–water partition coefficient (Wildman–Crippen LogP) is 2.41. The van der Waals surface area contributed by atoms with Gasteiger partial charge in [0, 0.05) is 64.6 Å². The molecule has 4 rings (SSSR count). The third-order valence-corrected chi connectivity index (χ3v) is 6.26. The maximum Gasteiger partial charge on any atom is 0.321 e. The summed E-state index contributed by atoms with van der Waals surface area (Å²) in [5.41, 5.74) is 1.97. The van der Waals surface area contributed by atoms with Gasteiger partial charge in [-0.25, -0.2) is 4.79 Å². The Labute approximate surface area is 202 Å². The second kappa shape index (κ2) is 11.9. The minimum atomic E-state index is -0.000333. The molecule has 1 unspecified atom stereocenters. The predicted molar refractivity (Wildman–Crippen MR) is 134 cm³/mol. The van der Waals surface area contributed by atoms with E-state index in [2.05, 4.69) is 31.5 Å². The molecule has 0 saturated carbocycles. The molecule has 9 heteroatoms. The van der Waals surface area contributed by atoms with Crippen molar-refractivity contribution in [2.75, 3.05) is 64.8 Å². The number of likely N-dealkylation sites (tertiary alicyclic amines) is 2. The van der Waals surface area contributed by atoms with Crippen molar-refractivity contribution in [1.29, 1.82) is 0 Å². The maximum atomic E-state index is 12.3. The molecule has 172 valence electrons. The number of hydrogen-bond acceptors (Lipinski definition) is 4. The van der Waals surface area contributed by atoms with Gasteiger partial charge in [0.05, 0.1) is 13.2 Å². The monoisotopic (exact) mass is 542 g/mol. The first kappa shape index (κ1) is 24.1. The molecular formula is C22H35IN6O2. The van der Waals surface area contributed by atoms with Gasteiger partial charge in [-0.15, -0.1) is 24.0 Å². The van der Waals surface area contributed by atoms with Crippen molar-refractivity contribution in [3.63, 3.8) is 0 Å². The minimum Gasteiger partial charge on any atom is -0.379 e. The first-order chi connectivity index (χ1) is 14.7. The lowest BCUT2D eigenvalue weighted by Crippen LogP contribution is -2.46. The normalized spacial score (nSPS) is 22.4. The Morgan fingerprint density at radius 3 is 2.65 bits per heavy atom. The molecule has 3 aliphatic rings. The van der Waals surface area contributed by atoms with Crippen LogP contribution < -0.4 is 10.6 Å². The molecule has 0 radical (unpaired) electrons. The number of morpholine rings is 1. The standard InChI is InChI=1S/C22H34N6O2.HI/c1-23-21(28-10-7-20(17-28)26-11-13-30-14-12-26)24-16-18-5-4-6-19(15-18)25-22(29)27-8-2-3-9-27;/h4-6,15,20H,2-3,7-14,16-17H2,1H3,(H,23,24)(H,25,29);1H. The smallest absolute Gasteiger partial charge is 0.321 e. The van der Waals surface area contributed by atoms with Gasteiger partial charge in [-0.1, -0.05) is 12.1 Å². The number of ether oxygens (including phenoxy) is 1. The molecule has 1 aromatic rings. The Balaban J connectivity index is 0.00000272. The number of benzene rings is 1. The number of halogens is 1. The van der Waals surface area contributed by atoms with Gasteiger partial charge >= 0.3 is 6.03 Å². The number of carbonyl (C=O) groups is 1. The molecular weight excluding hydrogens is 507 g/mol. The summed E-state index contributed by atoms with van der Waals surface area (Å²) in [6.07, 6.45) is 3.36. The molecule has 1 atom stereocenters. The third-order valence-electron chi connectivity index (χ3n) is 6.26. The van der Waals surface area contributed by atoms with E-state index in [1.54, 1.807) is 0 Å². The Morgan fingerprint density at radius 1 is 1.13 bits per heavy atom. The third kappa shape index (κ3) is 6.45. The lowest BCUT2D eigenvalue weighted by molar-refractivity contribution is 0.0195. The van der Waals surface area contributed by atoms with Gasteiger partial charge in [-0.05, 0) is 37.0 Å². The van der Waals surface area contributed by atoms with Crippen molar-refractivity contribution in [2.24, 2.45) is 4.99 Å². The molecule has 8 nitrogen and oxygen atoms in total. The molecule has 2 N–H and O–H groups in total. The average Bonchev–Trinajstić information content (AvgIpc) is 3.48. The van der Waals surface area contributed by atoms with E-state index in [1.165, 1.54) is 6.42 Å². The van der Waals surface area contributed by atoms with E-state index in [1.807, 2.05) is 30.1 Å². The van der Waals surface area contributed by atoms with E-state index in [-0.39, 0.29) is 30.0 Å². The van der Waals surface area contributed by atoms with Gasteiger partial charge < -0.3 is 25.2 Å². The van der Waals surface area contributed by atoms with E-state index in [4.69, 9.17) is 4.74 Å². The summed E-state index contributed by atoms with van der Waals surface area (Å²) in [4.78, 5) is 23.6. The second-order valence-electron chi connectivity index (χ2n) is 8.26. The maximum absolute atomic E-state index is 12.3. The molecule has 3 fully saturated rings. The largest absolute Gasteiger partial charge is 0.379 e. The molecule has 0 aromatic heterocycles. The first-order valence-electron chi connectivity index (χ1n) is 11.2. The minimum absolute atomic E-state index is 0. The average molecular weight is 542 g/mol. The van der Waals surface area contributed by atoms with Crippen molar-refractivity contribution in [1.82, 2.24) is 20.0 Å². The van der Waals surface area contributed by atoms with Gasteiger partial charge in [0.15, 0.2) is 5.96 Å². The Hall–Kier alpha value is -1.59. The highest BCUT2D eigenvalue weighted by Gasteiger charge is 2.30. The van der Waals surface area contributed by atoms with Crippen LogP contribution in [0, 0.1) is 0 Å². The lowest BCUT2D eigenvalue weighted by Gasteiger charge is -2.32. The number of anilines is 1. The van der Waals surface area contributed by atoms with E-state index >= 15 is 0 Å². The van der Waals surface area contributed by atoms with Crippen LogP contribution in [0.4, 0.5) is 10.5 Å². The molecule has 0 aliphatic carbocycles. The number of rotatable bonds is 4. The van der Waals surface area contributed by atoms with E-state index < -0.39 is 0 Å². The van der Waals surface area contributed by atoms with Gasteiger partial charge in [-0.2, -0.15) is 0 Å². The molecule has 3 saturated heterocycles. The summed E-state index contributed by atoms with van der Waals surface area (Å²) in [5.74, 6) is 0.942. The van der Waals surface area contributed by atoms with Crippen LogP contribution in [0.15, 0.2) is 29.3 Å². The van der Waals surface area contributed by atoms with Crippen molar-refractivity contribution in [3.05, 3.63) is 29.8 Å². The van der Waals surface area contributed by atoms with Crippen molar-refractivity contribution < 1.29 is 9.53 Å². The fourth-order valence-corrected chi connectivity index (χ4v) is 4.57. The second-order valence-corrected chi connectivity index (χ2v) is 8.26. The van der Waals surface area contributed by atoms with Crippen molar-refractivity contribution in [3.8, 4) is 0 Å². The number of carbonyl (C=O) groups excluding carboxylic acids is 1. The highest BCUT2D eigenvalue weighted by Crippen LogP contribution is 2.18. The van der Waals surface area contributed by atoms with Gasteiger partial charge in [0.1, 0.15) is 0 Å². The molecule has 31 heavy (non-hydrogen) atoms. The summed E-state index contributed by atoms with van der Waals surface area (Å²) in [5, 5.41) is 6.52. The van der Waals surface area contributed by atoms with Crippen LogP contribution in [0.1, 0.15) is 24.8 Å². The number of hydrogen-bond donors (Lipinski definition) is 2. The Bertz CT molecular complexity index is 749. The van der Waals surface area contributed by atoms with Crippen LogP contribution in [0.5, 0.6) is 0 Å². The molecule has 2 amide bonds. The van der Waals surface area contributed by atoms with Gasteiger partial charge in [-0.3, -0.25) is 9.89 Å². The number of nitrogens with one attached hydrogen (secondary N) is 2. The van der Waals surface area contributed by atoms with Crippen LogP contribution in [0.2, 0.25) is 0 Å². The van der Waals surface area contributed by atoms with Crippen LogP contribution in [0.3, 0.4) is 0 Å². The van der Waals surface area contributed by atoms with Crippen molar-refractivity contribution in [2.45, 2.75) is 31.8 Å². The zero-order valence-electron chi connectivity index (χ0n) is 18.4. The van der Waals surface area contributed by atoms with E-state index in [0.717, 1.165) is 82.5 Å². The number of amides is 2. The topological polar surface area (TPSA) is 72.4 Å². The van der Waals surface area contributed by atoms with Gasteiger partial charge in [0.2, 0.25) is 0 Å². The summed E-state index contributed by atoms with van der Waals surface area (Å²) < 4.78 is 5.48. The first-order valence-corrected chi connectivity index (χ1v) is 11.2. The summed E-state index contributed by atoms with van der Waals surface area (Å²) in [7, 11) is 1.84. The van der Waals surface area contributed by atoms with Crippen LogP contribution in [-0.4, -0.2) is 92.3 Å². The van der Waals surface area contributed by atoms with Crippen LogP contribution in [0.25, 0.3) is 0 Å². The zero-order valence-corrected chi connectivity index (χ0v) is 20.7. The van der Waals surface area contributed by atoms with E-state index in [0.29, 0.717) is 12.6 Å². The van der Waals surface area contributed by atoms with E-state index in [9.17, 15) is 4.79 Å². The number of nitrogens with zero attached hydrogens (tertiary/aromatic N) is 4. The molecule has 0 bridgehead atoms. The van der Waals surface area contributed by atoms with Crippen LogP contribution >= 0.6 is 24.0 Å². The summed E-state index contributed by atoms with van der Waals surface area (Å²) >= 11 is 0. The van der Waals surface area contributed by atoms with Crippen molar-refractivity contribution >= 4 is 41.7 Å². The molecule has 0 spiro atoms. The SMILES string of the molecule is CN=C(NCc1cccc(NC(=O)N2CCCC2)c1)N1CCC(N2CCOCC2)C1.I. The Morgan fingerprint density at radius 2 is 1.90 bits per heavy atom. The molecule has 1 aromatic carbocycles. The number of aliphatic imine (C=N–C) groups is 1. The highest BCUT2D eigenvalue weighted by atomic mass is 127. The highest BCUT2D eigenvalue weighted by molar-refractivity contribution is 14.0. The zero-order chi connectivity index (χ0) is 20.8. The fourth-order valence-electron chi connectivity index (χ4n) is 4.57. The fraction of sp³-hybridized carbons (Fsp3) is 0.636. The summed E-state index contributed by atoms with van der Waals surface area (Å²) in [6, 6.07) is 8.63. The number of guanidine groups is 1. The quantitative estimate of drug-likeness (QED) is 0.348. The lowest BCUT2D eigenvalue weighted by atomic mass is 10.2. The molecule has 3 heterocycles. The van der Waals surface area contributed by atoms with Crippen LogP contribution in [-0.2, 0) is 11.3 Å². The molecule has 3 aliphatic heterocycles. The Kier molecular flexibility index (Phi) is 9.21.